The third kappa shape index (κ3) is 2.06. The highest BCUT2D eigenvalue weighted by Crippen LogP contribution is 2.41. The van der Waals surface area contributed by atoms with Crippen LogP contribution in [0.2, 0.25) is 0 Å². The van der Waals surface area contributed by atoms with Gasteiger partial charge < -0.3 is 4.90 Å². The van der Waals surface area contributed by atoms with E-state index in [-0.39, 0.29) is 11.7 Å². The van der Waals surface area contributed by atoms with E-state index in [0.29, 0.717) is 0 Å². The molecule has 2 aromatic carbocycles. The van der Waals surface area contributed by atoms with E-state index in [4.69, 9.17) is 0 Å². The molecule has 0 saturated carbocycles. The van der Waals surface area contributed by atoms with Gasteiger partial charge in [0.1, 0.15) is 0 Å². The summed E-state index contributed by atoms with van der Waals surface area (Å²) in [5, 5.41) is 0. The standard InChI is InChI=1S/C19H19NO/c21-19(15-6-2-1-3-7-15)17-11-13-20-12-5-9-14-8-4-10-16(17)18(14)20/h1-4,6-8,10,17H,5,9,11-13H2. The van der Waals surface area contributed by atoms with Crippen LogP contribution in [0.3, 0.4) is 0 Å². The van der Waals surface area contributed by atoms with Crippen molar-refractivity contribution in [3.8, 4) is 0 Å². The summed E-state index contributed by atoms with van der Waals surface area (Å²) in [6, 6.07) is 16.2. The Hall–Kier alpha value is -2.09. The molecule has 2 heteroatoms. The number of ketones is 1. The van der Waals surface area contributed by atoms with Crippen LogP contribution < -0.4 is 4.90 Å². The summed E-state index contributed by atoms with van der Waals surface area (Å²) in [7, 11) is 0. The summed E-state index contributed by atoms with van der Waals surface area (Å²) in [5.41, 5.74) is 4.85. The maximum atomic E-state index is 12.9. The second-order valence-corrected chi connectivity index (χ2v) is 6.02. The van der Waals surface area contributed by atoms with Crippen LogP contribution in [0.5, 0.6) is 0 Å². The molecular formula is C19H19NO. The molecule has 0 saturated heterocycles. The molecule has 21 heavy (non-hydrogen) atoms. The molecule has 4 rings (SSSR count). The van der Waals surface area contributed by atoms with Gasteiger partial charge >= 0.3 is 0 Å². The van der Waals surface area contributed by atoms with Crippen LogP contribution in [0.25, 0.3) is 0 Å². The first-order chi connectivity index (χ1) is 10.3. The zero-order valence-electron chi connectivity index (χ0n) is 12.1. The molecule has 2 aliphatic rings. The van der Waals surface area contributed by atoms with Gasteiger partial charge in [0.05, 0.1) is 5.92 Å². The maximum absolute atomic E-state index is 12.9. The van der Waals surface area contributed by atoms with Gasteiger partial charge in [-0.25, -0.2) is 0 Å². The maximum Gasteiger partial charge on any atom is 0.170 e. The van der Waals surface area contributed by atoms with Crippen LogP contribution in [-0.4, -0.2) is 18.9 Å². The molecule has 2 nitrogen and oxygen atoms in total. The molecule has 0 radical (unpaired) electrons. The molecule has 1 unspecified atom stereocenters. The van der Waals surface area contributed by atoms with Crippen LogP contribution in [-0.2, 0) is 6.42 Å². The number of benzene rings is 2. The lowest BCUT2D eigenvalue weighted by Crippen LogP contribution is -2.37. The molecule has 2 aromatic rings. The Balaban J connectivity index is 1.77. The number of nitrogens with zero attached hydrogens (tertiary/aromatic N) is 1. The van der Waals surface area contributed by atoms with Crippen molar-refractivity contribution in [1.82, 2.24) is 0 Å². The van der Waals surface area contributed by atoms with E-state index in [1.165, 1.54) is 23.2 Å². The van der Waals surface area contributed by atoms with Gasteiger partial charge in [0.2, 0.25) is 0 Å². The fourth-order valence-corrected chi connectivity index (χ4v) is 3.79. The highest BCUT2D eigenvalue weighted by atomic mass is 16.1. The van der Waals surface area contributed by atoms with Crippen molar-refractivity contribution in [2.75, 3.05) is 18.0 Å². The minimum atomic E-state index is 0.0247. The number of anilines is 1. The van der Waals surface area contributed by atoms with Gasteiger partial charge in [-0.2, -0.15) is 0 Å². The van der Waals surface area contributed by atoms with Gasteiger partial charge in [-0.1, -0.05) is 48.5 Å². The van der Waals surface area contributed by atoms with Crippen molar-refractivity contribution in [2.24, 2.45) is 0 Å². The minimum absolute atomic E-state index is 0.0247. The molecule has 0 aliphatic carbocycles. The van der Waals surface area contributed by atoms with E-state index in [0.717, 1.165) is 31.5 Å². The second kappa shape index (κ2) is 5.03. The average molecular weight is 277 g/mol. The Morgan fingerprint density at radius 3 is 2.71 bits per heavy atom. The summed E-state index contributed by atoms with van der Waals surface area (Å²) >= 11 is 0. The summed E-state index contributed by atoms with van der Waals surface area (Å²) in [4.78, 5) is 15.3. The van der Waals surface area contributed by atoms with E-state index in [1.807, 2.05) is 30.3 Å². The third-order valence-corrected chi connectivity index (χ3v) is 4.78. The van der Waals surface area contributed by atoms with Gasteiger partial charge in [0.15, 0.2) is 5.78 Å². The molecule has 0 aromatic heterocycles. The number of carbonyl (C=O) groups is 1. The highest BCUT2D eigenvalue weighted by molar-refractivity contribution is 6.02. The SMILES string of the molecule is O=C(c1ccccc1)C1CCN2CCCc3cccc1c32. The van der Waals surface area contributed by atoms with E-state index in [9.17, 15) is 4.79 Å². The molecule has 106 valence electrons. The first kappa shape index (κ1) is 12.6. The largest absolute Gasteiger partial charge is 0.371 e. The Labute approximate surface area is 125 Å². The van der Waals surface area contributed by atoms with Gasteiger partial charge in [0, 0.05) is 24.3 Å². The lowest BCUT2D eigenvalue weighted by molar-refractivity contribution is 0.0954. The minimum Gasteiger partial charge on any atom is -0.371 e. The number of rotatable bonds is 2. The lowest BCUT2D eigenvalue weighted by Gasteiger charge is -2.39. The number of aryl methyl sites for hydroxylation is 1. The van der Waals surface area contributed by atoms with Crippen molar-refractivity contribution in [1.29, 1.82) is 0 Å². The van der Waals surface area contributed by atoms with E-state index >= 15 is 0 Å². The lowest BCUT2D eigenvalue weighted by atomic mass is 9.81. The molecular weight excluding hydrogens is 258 g/mol. The third-order valence-electron chi connectivity index (χ3n) is 4.78. The quantitative estimate of drug-likeness (QED) is 0.778. The summed E-state index contributed by atoms with van der Waals surface area (Å²) in [6.45, 7) is 2.14. The Kier molecular flexibility index (Phi) is 3.03. The van der Waals surface area contributed by atoms with Gasteiger partial charge in [-0.05, 0) is 30.4 Å². The number of para-hydroxylation sites is 1. The molecule has 0 spiro atoms. The number of Topliss-reactive ketones (excluding diaryl/α,β-unsaturated/α-hetero) is 1. The van der Waals surface area contributed by atoms with Crippen LogP contribution in [0.4, 0.5) is 5.69 Å². The van der Waals surface area contributed by atoms with Crippen molar-refractivity contribution in [3.05, 3.63) is 65.2 Å². The fourth-order valence-electron chi connectivity index (χ4n) is 3.79. The highest BCUT2D eigenvalue weighted by Gasteiger charge is 2.33. The van der Waals surface area contributed by atoms with Gasteiger partial charge in [-0.3, -0.25) is 4.79 Å². The molecule has 0 amide bonds. The normalized spacial score (nSPS) is 20.0. The molecule has 0 N–H and O–H groups in total. The van der Waals surface area contributed by atoms with Gasteiger partial charge in [0.25, 0.3) is 0 Å². The summed E-state index contributed by atoms with van der Waals surface area (Å²) in [5.74, 6) is 0.297. The molecule has 0 bridgehead atoms. The van der Waals surface area contributed by atoms with E-state index in [2.05, 4.69) is 23.1 Å². The Morgan fingerprint density at radius 1 is 1.00 bits per heavy atom. The van der Waals surface area contributed by atoms with Crippen molar-refractivity contribution < 1.29 is 4.79 Å². The van der Waals surface area contributed by atoms with Crippen LogP contribution >= 0.6 is 0 Å². The van der Waals surface area contributed by atoms with E-state index in [1.54, 1.807) is 0 Å². The predicted octanol–water partition coefficient (Wildman–Crippen LogP) is 3.81. The monoisotopic (exact) mass is 277 g/mol. The first-order valence-corrected chi connectivity index (χ1v) is 7.80. The summed E-state index contributed by atoms with van der Waals surface area (Å²) < 4.78 is 0. The number of hydrogen-bond donors (Lipinski definition) is 0. The molecule has 2 aliphatic heterocycles. The fraction of sp³-hybridized carbons (Fsp3) is 0.316. The zero-order chi connectivity index (χ0) is 14.2. The van der Waals surface area contributed by atoms with Gasteiger partial charge in [-0.15, -0.1) is 0 Å². The van der Waals surface area contributed by atoms with Crippen LogP contribution in [0.15, 0.2) is 48.5 Å². The number of carbonyl (C=O) groups excluding carboxylic acids is 1. The van der Waals surface area contributed by atoms with Crippen molar-refractivity contribution >= 4 is 11.5 Å². The zero-order valence-corrected chi connectivity index (χ0v) is 12.1. The topological polar surface area (TPSA) is 20.3 Å². The second-order valence-electron chi connectivity index (χ2n) is 6.02. The molecule has 1 atom stereocenters. The van der Waals surface area contributed by atoms with Crippen molar-refractivity contribution in [3.63, 3.8) is 0 Å². The molecule has 0 fully saturated rings. The number of hydrogen-bond acceptors (Lipinski definition) is 2. The predicted molar refractivity (Wildman–Crippen MR) is 85.1 cm³/mol. The Bertz CT molecular complexity index is 677. The molecule has 2 heterocycles. The van der Waals surface area contributed by atoms with Crippen molar-refractivity contribution in [2.45, 2.75) is 25.2 Å². The average Bonchev–Trinajstić information content (AvgIpc) is 2.56. The Morgan fingerprint density at radius 2 is 1.86 bits per heavy atom. The van der Waals surface area contributed by atoms with Crippen LogP contribution in [0, 0.1) is 0 Å². The van der Waals surface area contributed by atoms with E-state index < -0.39 is 0 Å². The first-order valence-electron chi connectivity index (χ1n) is 7.80. The summed E-state index contributed by atoms with van der Waals surface area (Å²) in [6.07, 6.45) is 3.31. The smallest absolute Gasteiger partial charge is 0.170 e. The van der Waals surface area contributed by atoms with Crippen LogP contribution in [0.1, 0.15) is 40.2 Å².